The molecule has 1 aromatic heterocycles. The monoisotopic (exact) mass is 204 g/mol. The molecule has 1 N–H and O–H groups in total. The van der Waals surface area contributed by atoms with Gasteiger partial charge in [-0.15, -0.1) is 11.3 Å². The minimum Gasteiger partial charge on any atom is -0.481 e. The van der Waals surface area contributed by atoms with Crippen LogP contribution in [-0.4, -0.2) is 11.1 Å². The number of hydrogen-bond donors (Lipinski definition) is 1. The number of carboxylic acids is 1. The topological polar surface area (TPSA) is 37.3 Å². The minimum atomic E-state index is -0.808. The third-order valence-corrected chi connectivity index (χ3v) is 2.93. The van der Waals surface area contributed by atoms with Gasteiger partial charge in [0.2, 0.25) is 0 Å². The van der Waals surface area contributed by atoms with Crippen molar-refractivity contribution in [1.82, 2.24) is 0 Å². The van der Waals surface area contributed by atoms with Crippen molar-refractivity contribution in [2.24, 2.45) is 0 Å². The summed E-state index contributed by atoms with van der Waals surface area (Å²) in [6.45, 7) is 1.84. The molecule has 0 aliphatic rings. The van der Waals surface area contributed by atoms with Crippen molar-refractivity contribution in [3.8, 4) is 0 Å². The molecule has 66 valence electrons. The molecule has 0 saturated carbocycles. The average molecular weight is 205 g/mol. The Labute approximate surface area is 79.8 Å². The smallest absolute Gasteiger partial charge is 0.311 e. The zero-order valence-corrected chi connectivity index (χ0v) is 8.15. The Morgan fingerprint density at radius 2 is 2.50 bits per heavy atom. The van der Waals surface area contributed by atoms with Crippen LogP contribution in [0.4, 0.5) is 0 Å². The molecule has 12 heavy (non-hydrogen) atoms. The average Bonchev–Trinajstić information content (AvgIpc) is 2.38. The van der Waals surface area contributed by atoms with Gasteiger partial charge in [-0.1, -0.05) is 18.5 Å². The molecule has 0 radical (unpaired) electrons. The van der Waals surface area contributed by atoms with E-state index in [1.807, 2.05) is 12.3 Å². The third-order valence-electron chi connectivity index (χ3n) is 1.73. The lowest BCUT2D eigenvalue weighted by Gasteiger charge is -2.07. The van der Waals surface area contributed by atoms with Gasteiger partial charge in [-0.05, 0) is 23.4 Å². The minimum absolute atomic E-state index is 0.455. The van der Waals surface area contributed by atoms with E-state index in [-0.39, 0.29) is 0 Å². The number of rotatable bonds is 3. The summed E-state index contributed by atoms with van der Waals surface area (Å²) in [6.07, 6.45) is 0.575. The lowest BCUT2D eigenvalue weighted by molar-refractivity contribution is -0.138. The fraction of sp³-hybridized carbons (Fsp3) is 0.375. The lowest BCUT2D eigenvalue weighted by atomic mass is 10.0. The highest BCUT2D eigenvalue weighted by Crippen LogP contribution is 2.31. The molecule has 1 atom stereocenters. The van der Waals surface area contributed by atoms with E-state index in [0.29, 0.717) is 10.8 Å². The summed E-state index contributed by atoms with van der Waals surface area (Å²) in [7, 11) is 0. The second kappa shape index (κ2) is 3.92. The molecule has 1 heterocycles. The molecule has 0 spiro atoms. The molecule has 0 amide bonds. The van der Waals surface area contributed by atoms with Crippen molar-refractivity contribution in [2.75, 3.05) is 0 Å². The molecule has 0 bridgehead atoms. The highest BCUT2D eigenvalue weighted by Gasteiger charge is 2.20. The second-order valence-electron chi connectivity index (χ2n) is 2.45. The van der Waals surface area contributed by atoms with E-state index in [0.717, 1.165) is 5.56 Å². The molecule has 1 aromatic rings. The Morgan fingerprint density at radius 3 is 2.83 bits per heavy atom. The maximum atomic E-state index is 10.7. The number of thiophene rings is 1. The first kappa shape index (κ1) is 9.55. The van der Waals surface area contributed by atoms with Crippen LogP contribution in [0.2, 0.25) is 4.34 Å². The predicted octanol–water partition coefficient (Wildman–Crippen LogP) is 2.98. The summed E-state index contributed by atoms with van der Waals surface area (Å²) < 4.78 is 0.587. The van der Waals surface area contributed by atoms with Crippen LogP contribution >= 0.6 is 22.9 Å². The van der Waals surface area contributed by atoms with Gasteiger partial charge in [-0.3, -0.25) is 4.79 Å². The first-order valence-electron chi connectivity index (χ1n) is 3.62. The third kappa shape index (κ3) is 1.79. The zero-order valence-electron chi connectivity index (χ0n) is 6.58. The van der Waals surface area contributed by atoms with Crippen LogP contribution in [0.25, 0.3) is 0 Å². The Hall–Kier alpha value is -0.540. The van der Waals surface area contributed by atoms with Crippen molar-refractivity contribution in [1.29, 1.82) is 0 Å². The molecule has 2 nitrogen and oxygen atoms in total. The molecule has 0 aliphatic heterocycles. The quantitative estimate of drug-likeness (QED) is 0.822. The number of halogens is 1. The number of hydrogen-bond acceptors (Lipinski definition) is 2. The van der Waals surface area contributed by atoms with E-state index >= 15 is 0 Å². The Bertz CT molecular complexity index is 282. The number of carbonyl (C=O) groups is 1. The van der Waals surface area contributed by atoms with E-state index in [2.05, 4.69) is 0 Å². The Balaban J connectivity index is 2.94. The van der Waals surface area contributed by atoms with Crippen molar-refractivity contribution in [2.45, 2.75) is 19.3 Å². The van der Waals surface area contributed by atoms with Crippen LogP contribution in [-0.2, 0) is 4.79 Å². The van der Waals surface area contributed by atoms with Crippen LogP contribution in [0.3, 0.4) is 0 Å². The summed E-state index contributed by atoms with van der Waals surface area (Å²) in [6, 6.07) is 1.77. The van der Waals surface area contributed by atoms with Crippen molar-refractivity contribution < 1.29 is 9.90 Å². The van der Waals surface area contributed by atoms with Crippen LogP contribution < -0.4 is 0 Å². The molecule has 0 aromatic carbocycles. The normalized spacial score (nSPS) is 12.8. The fourth-order valence-corrected chi connectivity index (χ4v) is 2.11. The van der Waals surface area contributed by atoms with E-state index in [1.165, 1.54) is 11.3 Å². The summed E-state index contributed by atoms with van der Waals surface area (Å²) in [5.41, 5.74) is 0.733. The lowest BCUT2D eigenvalue weighted by Crippen LogP contribution is -2.09. The van der Waals surface area contributed by atoms with Gasteiger partial charge >= 0.3 is 5.97 Å². The first-order chi connectivity index (χ1) is 5.66. The van der Waals surface area contributed by atoms with Crippen LogP contribution in [0.5, 0.6) is 0 Å². The van der Waals surface area contributed by atoms with Gasteiger partial charge < -0.3 is 5.11 Å². The van der Waals surface area contributed by atoms with Crippen molar-refractivity contribution >= 4 is 28.9 Å². The highest BCUT2D eigenvalue weighted by atomic mass is 35.5. The molecule has 1 rings (SSSR count). The SMILES string of the molecule is CCC(C(=O)O)c1ccsc1Cl. The van der Waals surface area contributed by atoms with Gasteiger partial charge in [0.25, 0.3) is 0 Å². The highest BCUT2D eigenvalue weighted by molar-refractivity contribution is 7.14. The summed E-state index contributed by atoms with van der Waals surface area (Å²) in [4.78, 5) is 10.7. The van der Waals surface area contributed by atoms with Gasteiger partial charge in [0, 0.05) is 0 Å². The van der Waals surface area contributed by atoms with Gasteiger partial charge in [0.15, 0.2) is 0 Å². The van der Waals surface area contributed by atoms with Crippen LogP contribution in [0.1, 0.15) is 24.8 Å². The Morgan fingerprint density at radius 1 is 1.83 bits per heavy atom. The van der Waals surface area contributed by atoms with Gasteiger partial charge in [-0.2, -0.15) is 0 Å². The first-order valence-corrected chi connectivity index (χ1v) is 4.88. The van der Waals surface area contributed by atoms with Crippen molar-refractivity contribution in [3.63, 3.8) is 0 Å². The van der Waals surface area contributed by atoms with Crippen LogP contribution in [0, 0.1) is 0 Å². The van der Waals surface area contributed by atoms with Gasteiger partial charge in [-0.25, -0.2) is 0 Å². The summed E-state index contributed by atoms with van der Waals surface area (Å²) >= 11 is 7.18. The van der Waals surface area contributed by atoms with Crippen molar-refractivity contribution in [3.05, 3.63) is 21.3 Å². The fourth-order valence-electron chi connectivity index (χ4n) is 1.08. The predicted molar refractivity (Wildman–Crippen MR) is 50.0 cm³/mol. The largest absolute Gasteiger partial charge is 0.481 e. The summed E-state index contributed by atoms with van der Waals surface area (Å²) in [5, 5.41) is 10.6. The zero-order chi connectivity index (χ0) is 9.14. The molecule has 0 fully saturated rings. The Kier molecular flexibility index (Phi) is 3.12. The molecular formula is C8H9ClO2S. The van der Waals surface area contributed by atoms with E-state index in [4.69, 9.17) is 16.7 Å². The molecular weight excluding hydrogens is 196 g/mol. The molecule has 0 saturated heterocycles. The molecule has 1 unspecified atom stereocenters. The van der Waals surface area contributed by atoms with E-state index in [9.17, 15) is 4.79 Å². The standard InChI is InChI=1S/C8H9ClO2S/c1-2-5(8(10)11)6-3-4-12-7(6)9/h3-5H,2H2,1H3,(H,10,11). The maximum absolute atomic E-state index is 10.7. The van der Waals surface area contributed by atoms with Gasteiger partial charge in [0.05, 0.1) is 10.3 Å². The van der Waals surface area contributed by atoms with E-state index < -0.39 is 11.9 Å². The van der Waals surface area contributed by atoms with Gasteiger partial charge in [0.1, 0.15) is 0 Å². The van der Waals surface area contributed by atoms with E-state index in [1.54, 1.807) is 6.07 Å². The maximum Gasteiger partial charge on any atom is 0.311 e. The van der Waals surface area contributed by atoms with Crippen LogP contribution in [0.15, 0.2) is 11.4 Å². The summed E-state index contributed by atoms with van der Waals surface area (Å²) in [5.74, 6) is -1.26. The number of aliphatic carboxylic acids is 1. The molecule has 0 aliphatic carbocycles. The second-order valence-corrected chi connectivity index (χ2v) is 3.97. The number of carboxylic acid groups (broad SMARTS) is 1. The molecule has 4 heteroatoms.